The van der Waals surface area contributed by atoms with Crippen LogP contribution in [0.15, 0.2) is 6.58 Å². The van der Waals surface area contributed by atoms with Gasteiger partial charge in [0.2, 0.25) is 5.65 Å². The summed E-state index contributed by atoms with van der Waals surface area (Å²) in [6, 6.07) is 0. The van der Waals surface area contributed by atoms with Gasteiger partial charge in [0.25, 0.3) is 0 Å². The lowest BCUT2D eigenvalue weighted by Gasteiger charge is -2.19. The van der Waals surface area contributed by atoms with Crippen molar-refractivity contribution >= 4 is 28.7 Å². The molecule has 3 N–H and O–H groups in total. The normalized spacial score (nSPS) is 14.0. The Balaban J connectivity index is 1.81. The van der Waals surface area contributed by atoms with Crippen LogP contribution in [0.3, 0.4) is 0 Å². The van der Waals surface area contributed by atoms with Crippen LogP contribution in [0.2, 0.25) is 0 Å². The minimum absolute atomic E-state index is 0.140. The van der Waals surface area contributed by atoms with Crippen molar-refractivity contribution in [3.8, 4) is 0 Å². The van der Waals surface area contributed by atoms with Crippen LogP contribution in [-0.4, -0.2) is 39.6 Å². The minimum atomic E-state index is -0.140. The fraction of sp³-hybridized carbons (Fsp3) is 0.643. The second kappa shape index (κ2) is 11.1. The summed E-state index contributed by atoms with van der Waals surface area (Å²) in [5, 5.41) is 24.8. The SMILES string of the molecule is C=Cc1[nH]n2nc(C(CC)CCCC)nc2c1Nc1c(C(C)(C)C)[nH]n2c(C(CC)CCCC)nnc12. The lowest BCUT2D eigenvalue weighted by atomic mass is 9.91. The van der Waals surface area contributed by atoms with Gasteiger partial charge in [-0.1, -0.05) is 80.7 Å². The smallest absolute Gasteiger partial charge is 0.201 e. The van der Waals surface area contributed by atoms with E-state index in [0.29, 0.717) is 11.8 Å². The van der Waals surface area contributed by atoms with Crippen molar-refractivity contribution in [3.05, 3.63) is 29.6 Å². The van der Waals surface area contributed by atoms with Crippen molar-refractivity contribution in [2.45, 2.75) is 117 Å². The van der Waals surface area contributed by atoms with E-state index in [1.807, 2.05) is 0 Å². The molecule has 0 aliphatic heterocycles. The molecule has 9 heteroatoms. The fourth-order valence-corrected chi connectivity index (χ4v) is 5.13. The topological polar surface area (TPSA) is 104 Å². The van der Waals surface area contributed by atoms with Crippen molar-refractivity contribution in [1.82, 2.24) is 39.6 Å². The zero-order valence-electron chi connectivity index (χ0n) is 23.8. The Morgan fingerprint density at radius 1 is 0.919 bits per heavy atom. The van der Waals surface area contributed by atoms with Gasteiger partial charge in [-0.25, -0.2) is 9.50 Å². The molecule has 4 rings (SSSR count). The molecule has 0 spiro atoms. The van der Waals surface area contributed by atoms with Gasteiger partial charge in [0.15, 0.2) is 17.3 Å². The maximum atomic E-state index is 5.00. The van der Waals surface area contributed by atoms with Crippen LogP contribution >= 0.6 is 0 Å². The molecule has 202 valence electrons. The number of hydrogen-bond acceptors (Lipinski definition) is 5. The Hall–Kier alpha value is -3.10. The van der Waals surface area contributed by atoms with Crippen molar-refractivity contribution in [2.24, 2.45) is 0 Å². The molecule has 2 atom stereocenters. The van der Waals surface area contributed by atoms with E-state index in [0.717, 1.165) is 71.4 Å². The van der Waals surface area contributed by atoms with E-state index in [4.69, 9.17) is 10.1 Å². The van der Waals surface area contributed by atoms with E-state index in [1.165, 1.54) is 25.7 Å². The Kier molecular flexibility index (Phi) is 8.09. The first kappa shape index (κ1) is 26.9. The Labute approximate surface area is 220 Å². The number of nitrogens with zero attached hydrogens (tertiary/aromatic N) is 6. The highest BCUT2D eigenvalue weighted by atomic mass is 15.5. The summed E-state index contributed by atoms with van der Waals surface area (Å²) in [5.74, 6) is 2.61. The van der Waals surface area contributed by atoms with E-state index in [-0.39, 0.29) is 5.41 Å². The van der Waals surface area contributed by atoms with Gasteiger partial charge in [-0.05, 0) is 31.8 Å². The predicted molar refractivity (Wildman–Crippen MR) is 152 cm³/mol. The zero-order valence-corrected chi connectivity index (χ0v) is 23.8. The second-order valence-electron chi connectivity index (χ2n) is 11.3. The Morgan fingerprint density at radius 2 is 1.59 bits per heavy atom. The quantitative estimate of drug-likeness (QED) is 0.174. The standard InChI is InChI=1S/C28H45N9/c1-9-14-16-18(11-3)24-30-26-21(20(13-5)33-37(26)35-24)29-22-23(28(6,7)8)34-36-25(31-32-27(22)36)19(12-4)17-15-10-2/h13,18-19,29,33-34H,5,9-12,14-17H2,1-4,6-8H3. The van der Waals surface area contributed by atoms with E-state index in [2.05, 4.69) is 85.3 Å². The van der Waals surface area contributed by atoms with Gasteiger partial charge in [-0.15, -0.1) is 15.3 Å². The van der Waals surface area contributed by atoms with Crippen LogP contribution in [0.4, 0.5) is 11.4 Å². The van der Waals surface area contributed by atoms with Crippen molar-refractivity contribution < 1.29 is 0 Å². The maximum Gasteiger partial charge on any atom is 0.201 e. The summed E-state index contributed by atoms with van der Waals surface area (Å²) < 4.78 is 3.86. The first-order chi connectivity index (χ1) is 17.8. The van der Waals surface area contributed by atoms with Crippen LogP contribution in [0.1, 0.15) is 135 Å². The molecular formula is C28H45N9. The molecule has 9 nitrogen and oxygen atoms in total. The molecule has 4 heterocycles. The summed E-state index contributed by atoms with van der Waals surface area (Å²) in [6.45, 7) is 19.6. The molecule has 4 aromatic rings. The van der Waals surface area contributed by atoms with E-state index in [1.54, 1.807) is 10.7 Å². The molecule has 0 saturated heterocycles. The van der Waals surface area contributed by atoms with Gasteiger partial charge < -0.3 is 5.32 Å². The molecule has 0 aromatic carbocycles. The number of H-pyrrole nitrogens is 2. The summed E-state index contributed by atoms with van der Waals surface area (Å²) in [7, 11) is 0. The third kappa shape index (κ3) is 5.18. The van der Waals surface area contributed by atoms with Crippen LogP contribution in [0.5, 0.6) is 0 Å². The third-order valence-electron chi connectivity index (χ3n) is 7.46. The molecule has 0 aliphatic carbocycles. The van der Waals surface area contributed by atoms with E-state index >= 15 is 0 Å². The molecule has 0 radical (unpaired) electrons. The highest BCUT2D eigenvalue weighted by Gasteiger charge is 2.29. The van der Waals surface area contributed by atoms with Gasteiger partial charge in [-0.2, -0.15) is 4.63 Å². The van der Waals surface area contributed by atoms with Crippen molar-refractivity contribution in [1.29, 1.82) is 0 Å². The average molecular weight is 508 g/mol. The molecule has 37 heavy (non-hydrogen) atoms. The molecule has 0 fully saturated rings. The lowest BCUT2D eigenvalue weighted by Crippen LogP contribution is -2.15. The number of hydrogen-bond donors (Lipinski definition) is 3. The summed E-state index contributed by atoms with van der Waals surface area (Å²) in [5.41, 5.74) is 5.13. The van der Waals surface area contributed by atoms with Gasteiger partial charge >= 0.3 is 0 Å². The van der Waals surface area contributed by atoms with Gasteiger partial charge in [0.05, 0.1) is 11.4 Å². The van der Waals surface area contributed by atoms with Crippen molar-refractivity contribution in [2.75, 3.05) is 5.32 Å². The first-order valence-corrected chi connectivity index (χ1v) is 14.1. The number of anilines is 2. The lowest BCUT2D eigenvalue weighted by molar-refractivity contribution is 0.521. The Morgan fingerprint density at radius 3 is 2.19 bits per heavy atom. The van der Waals surface area contributed by atoms with E-state index in [9.17, 15) is 0 Å². The van der Waals surface area contributed by atoms with Crippen LogP contribution < -0.4 is 5.32 Å². The minimum Gasteiger partial charge on any atom is -0.346 e. The summed E-state index contributed by atoms with van der Waals surface area (Å²) >= 11 is 0. The summed E-state index contributed by atoms with van der Waals surface area (Å²) in [6.07, 6.45) is 10.8. The monoisotopic (exact) mass is 507 g/mol. The molecule has 0 aliphatic rings. The molecule has 0 bridgehead atoms. The van der Waals surface area contributed by atoms with E-state index < -0.39 is 0 Å². The van der Waals surface area contributed by atoms with Gasteiger partial charge in [0, 0.05) is 17.3 Å². The number of aromatic nitrogens is 8. The molecule has 0 amide bonds. The zero-order chi connectivity index (χ0) is 26.7. The summed E-state index contributed by atoms with van der Waals surface area (Å²) in [4.78, 5) is 5.00. The number of unbranched alkanes of at least 4 members (excludes halogenated alkanes) is 2. The second-order valence-corrected chi connectivity index (χ2v) is 11.3. The highest BCUT2D eigenvalue weighted by molar-refractivity contribution is 5.86. The third-order valence-corrected chi connectivity index (χ3v) is 7.46. The number of rotatable bonds is 13. The Bertz CT molecular complexity index is 1330. The van der Waals surface area contributed by atoms with Crippen molar-refractivity contribution in [3.63, 3.8) is 0 Å². The average Bonchev–Trinajstić information content (AvgIpc) is 3.61. The molecule has 0 saturated carbocycles. The molecule has 4 aromatic heterocycles. The maximum absolute atomic E-state index is 5.00. The van der Waals surface area contributed by atoms with Crippen LogP contribution in [0, 0.1) is 0 Å². The molecular weight excluding hydrogens is 462 g/mol. The number of fused-ring (bicyclic) bond motifs is 2. The van der Waals surface area contributed by atoms with Crippen LogP contribution in [0.25, 0.3) is 17.4 Å². The van der Waals surface area contributed by atoms with Gasteiger partial charge in [0.1, 0.15) is 11.4 Å². The molecule has 2 unspecified atom stereocenters. The largest absolute Gasteiger partial charge is 0.346 e. The first-order valence-electron chi connectivity index (χ1n) is 14.1. The van der Waals surface area contributed by atoms with Gasteiger partial charge in [-0.3, -0.25) is 10.2 Å². The predicted octanol–water partition coefficient (Wildman–Crippen LogP) is 7.48. The number of aromatic amines is 2. The van der Waals surface area contributed by atoms with Crippen LogP contribution in [-0.2, 0) is 5.41 Å². The highest BCUT2D eigenvalue weighted by Crippen LogP contribution is 2.37. The fourth-order valence-electron chi connectivity index (χ4n) is 5.13. The number of nitrogens with one attached hydrogen (secondary N) is 3.